The molecule has 3 amide bonds. The normalized spacial score (nSPS) is 14.6. The summed E-state index contributed by atoms with van der Waals surface area (Å²) < 4.78 is 23.0. The number of thioether (sulfide) groups is 1. The number of hydrogen-bond donors (Lipinski definition) is 1. The predicted octanol–water partition coefficient (Wildman–Crippen LogP) is 3.44. The summed E-state index contributed by atoms with van der Waals surface area (Å²) >= 11 is 0.727. The summed E-state index contributed by atoms with van der Waals surface area (Å²) in [6, 6.07) is 11.7. The number of nitrogens with zero attached hydrogens (tertiary/aromatic N) is 1. The number of halogens is 1. The van der Waals surface area contributed by atoms with Crippen LogP contribution in [-0.4, -0.2) is 47.7 Å². The molecular formula is C22H19FN2O6S. The Morgan fingerprint density at radius 3 is 2.44 bits per heavy atom. The van der Waals surface area contributed by atoms with Gasteiger partial charge in [0.15, 0.2) is 6.61 Å². The van der Waals surface area contributed by atoms with Crippen molar-refractivity contribution in [3.63, 3.8) is 0 Å². The number of benzene rings is 2. The number of nitrogens with one attached hydrogen (secondary N) is 1. The number of amides is 3. The number of esters is 1. The molecule has 1 heterocycles. The van der Waals surface area contributed by atoms with Crippen LogP contribution < -0.4 is 10.1 Å². The van der Waals surface area contributed by atoms with Crippen LogP contribution in [0.15, 0.2) is 53.4 Å². The second-order valence-corrected chi connectivity index (χ2v) is 7.48. The van der Waals surface area contributed by atoms with Gasteiger partial charge in [-0.3, -0.25) is 19.3 Å². The van der Waals surface area contributed by atoms with Gasteiger partial charge in [-0.15, -0.1) is 0 Å². The molecule has 10 heteroatoms. The van der Waals surface area contributed by atoms with Crippen molar-refractivity contribution in [3.8, 4) is 5.75 Å². The van der Waals surface area contributed by atoms with Gasteiger partial charge < -0.3 is 14.8 Å². The maximum absolute atomic E-state index is 13.0. The minimum Gasteiger partial charge on any atom is -0.482 e. The average molecular weight is 458 g/mol. The zero-order valence-corrected chi connectivity index (χ0v) is 17.8. The highest BCUT2D eigenvalue weighted by Gasteiger charge is 2.36. The molecule has 2 aromatic rings. The van der Waals surface area contributed by atoms with Crippen molar-refractivity contribution in [2.45, 2.75) is 6.92 Å². The van der Waals surface area contributed by atoms with Crippen molar-refractivity contribution in [2.75, 3.05) is 25.1 Å². The average Bonchev–Trinajstić information content (AvgIpc) is 3.02. The Balaban J connectivity index is 1.59. The summed E-state index contributed by atoms with van der Waals surface area (Å²) in [6.07, 6.45) is 1.53. The Kier molecular flexibility index (Phi) is 7.61. The van der Waals surface area contributed by atoms with E-state index in [9.17, 15) is 23.6 Å². The van der Waals surface area contributed by atoms with Gasteiger partial charge in [0.1, 0.15) is 18.1 Å². The first kappa shape index (κ1) is 23.0. The Bertz CT molecular complexity index is 1050. The predicted molar refractivity (Wildman–Crippen MR) is 116 cm³/mol. The van der Waals surface area contributed by atoms with Crippen molar-refractivity contribution >= 4 is 46.5 Å². The first-order valence-electron chi connectivity index (χ1n) is 9.55. The fourth-order valence-electron chi connectivity index (χ4n) is 2.67. The summed E-state index contributed by atoms with van der Waals surface area (Å²) in [5, 5.41) is 1.94. The van der Waals surface area contributed by atoms with Gasteiger partial charge in [0, 0.05) is 5.69 Å². The van der Waals surface area contributed by atoms with E-state index in [2.05, 4.69) is 5.32 Å². The summed E-state index contributed by atoms with van der Waals surface area (Å²) in [4.78, 5) is 49.3. The van der Waals surface area contributed by atoms with Crippen molar-refractivity contribution < 1.29 is 33.0 Å². The van der Waals surface area contributed by atoms with Crippen LogP contribution in [0.2, 0.25) is 0 Å². The molecule has 1 N–H and O–H groups in total. The van der Waals surface area contributed by atoms with Crippen molar-refractivity contribution in [1.82, 2.24) is 4.90 Å². The molecule has 3 rings (SSSR count). The maximum Gasteiger partial charge on any atom is 0.344 e. The SMILES string of the molecule is CCOC(=O)COc1ccc(/C=C2\SC(=O)N(CC(=O)Nc3ccc(F)cc3)C2=O)cc1. The molecule has 0 atom stereocenters. The quantitative estimate of drug-likeness (QED) is 0.478. The van der Waals surface area contributed by atoms with E-state index in [1.807, 2.05) is 0 Å². The number of hydrogen-bond acceptors (Lipinski definition) is 7. The van der Waals surface area contributed by atoms with Crippen molar-refractivity contribution in [3.05, 3.63) is 64.8 Å². The minimum absolute atomic E-state index is 0.171. The number of carbonyl (C=O) groups excluding carboxylic acids is 4. The molecule has 32 heavy (non-hydrogen) atoms. The van der Waals surface area contributed by atoms with Gasteiger partial charge in [0.25, 0.3) is 11.1 Å². The van der Waals surface area contributed by atoms with Crippen LogP contribution in [0.5, 0.6) is 5.75 Å². The molecule has 0 unspecified atom stereocenters. The van der Waals surface area contributed by atoms with E-state index in [1.165, 1.54) is 30.3 Å². The fourth-order valence-corrected chi connectivity index (χ4v) is 3.51. The maximum atomic E-state index is 13.0. The molecule has 2 aromatic carbocycles. The van der Waals surface area contributed by atoms with Crippen LogP contribution in [0, 0.1) is 5.82 Å². The van der Waals surface area contributed by atoms with Gasteiger partial charge >= 0.3 is 5.97 Å². The zero-order valence-electron chi connectivity index (χ0n) is 17.0. The first-order valence-corrected chi connectivity index (χ1v) is 10.4. The second kappa shape index (κ2) is 10.6. The van der Waals surface area contributed by atoms with Crippen LogP contribution in [0.4, 0.5) is 14.9 Å². The monoisotopic (exact) mass is 458 g/mol. The highest BCUT2D eigenvalue weighted by atomic mass is 32.2. The third kappa shape index (κ3) is 6.17. The molecule has 1 saturated heterocycles. The molecule has 0 bridgehead atoms. The summed E-state index contributed by atoms with van der Waals surface area (Å²) in [6.45, 7) is 1.29. The van der Waals surface area contributed by atoms with E-state index >= 15 is 0 Å². The number of imide groups is 1. The van der Waals surface area contributed by atoms with E-state index < -0.39 is 35.4 Å². The molecule has 166 valence electrons. The number of carbonyl (C=O) groups is 4. The highest BCUT2D eigenvalue weighted by Crippen LogP contribution is 2.32. The van der Waals surface area contributed by atoms with Gasteiger partial charge in [0.2, 0.25) is 5.91 Å². The molecule has 0 aliphatic carbocycles. The minimum atomic E-state index is -0.586. The topological polar surface area (TPSA) is 102 Å². The third-order valence-electron chi connectivity index (χ3n) is 4.14. The first-order chi connectivity index (χ1) is 15.4. The Labute approximate surface area is 187 Å². The molecule has 0 spiro atoms. The Hall–Kier alpha value is -3.66. The molecule has 0 aromatic heterocycles. The van der Waals surface area contributed by atoms with Crippen LogP contribution in [0.3, 0.4) is 0 Å². The van der Waals surface area contributed by atoms with Crippen LogP contribution >= 0.6 is 11.8 Å². The van der Waals surface area contributed by atoms with Gasteiger partial charge in [-0.25, -0.2) is 9.18 Å². The molecule has 1 aliphatic rings. The van der Waals surface area contributed by atoms with Crippen LogP contribution in [0.25, 0.3) is 6.08 Å². The molecule has 8 nitrogen and oxygen atoms in total. The van der Waals surface area contributed by atoms with E-state index in [0.717, 1.165) is 16.7 Å². The van der Waals surface area contributed by atoms with Gasteiger partial charge in [-0.2, -0.15) is 0 Å². The standard InChI is InChI=1S/C22H19FN2O6S/c1-2-30-20(27)13-31-17-9-3-14(4-10-17)11-18-21(28)25(22(29)32-18)12-19(26)24-16-7-5-15(23)6-8-16/h3-11H,2,12-13H2,1H3,(H,24,26)/b18-11-. The summed E-state index contributed by atoms with van der Waals surface area (Å²) in [7, 11) is 0. The fraction of sp³-hybridized carbons (Fsp3) is 0.182. The lowest BCUT2D eigenvalue weighted by atomic mass is 10.2. The van der Waals surface area contributed by atoms with Crippen molar-refractivity contribution in [1.29, 1.82) is 0 Å². The van der Waals surface area contributed by atoms with Gasteiger partial charge in [-0.05, 0) is 66.7 Å². The Morgan fingerprint density at radius 1 is 1.09 bits per heavy atom. The van der Waals surface area contributed by atoms with E-state index in [1.54, 1.807) is 31.2 Å². The largest absolute Gasteiger partial charge is 0.482 e. The highest BCUT2D eigenvalue weighted by molar-refractivity contribution is 8.18. The lowest BCUT2D eigenvalue weighted by molar-refractivity contribution is -0.145. The van der Waals surface area contributed by atoms with Crippen molar-refractivity contribution in [2.24, 2.45) is 0 Å². The van der Waals surface area contributed by atoms with E-state index in [-0.39, 0.29) is 18.1 Å². The Morgan fingerprint density at radius 2 is 1.78 bits per heavy atom. The molecule has 0 radical (unpaired) electrons. The molecular weight excluding hydrogens is 439 g/mol. The smallest absolute Gasteiger partial charge is 0.344 e. The molecule has 1 aliphatic heterocycles. The van der Waals surface area contributed by atoms with Crippen LogP contribution in [-0.2, 0) is 19.1 Å². The lowest BCUT2D eigenvalue weighted by Crippen LogP contribution is -2.36. The van der Waals surface area contributed by atoms with Crippen LogP contribution in [0.1, 0.15) is 12.5 Å². The summed E-state index contributed by atoms with van der Waals surface area (Å²) in [5.74, 6) is -1.65. The van der Waals surface area contributed by atoms with Gasteiger partial charge in [0.05, 0.1) is 11.5 Å². The number of ether oxygens (including phenoxy) is 2. The molecule has 0 saturated carbocycles. The second-order valence-electron chi connectivity index (χ2n) is 6.49. The molecule has 1 fully saturated rings. The number of rotatable bonds is 8. The third-order valence-corrected chi connectivity index (χ3v) is 5.05. The van der Waals surface area contributed by atoms with E-state index in [0.29, 0.717) is 17.0 Å². The summed E-state index contributed by atoms with van der Waals surface area (Å²) in [5.41, 5.74) is 0.985. The lowest BCUT2D eigenvalue weighted by Gasteiger charge is -2.12. The zero-order chi connectivity index (χ0) is 23.1. The van der Waals surface area contributed by atoms with E-state index in [4.69, 9.17) is 9.47 Å². The number of anilines is 1. The van der Waals surface area contributed by atoms with Gasteiger partial charge in [-0.1, -0.05) is 12.1 Å².